The standard InChI is InChI=1S/C12H13F2NO3/c13-8-2-1-3-9(14)10(8)11(12(16)17)15-4-6-18-7-5-15/h1-3,11H,4-7H2,(H,16,17)/t11-/m0/s1. The van der Waals surface area contributed by atoms with Crippen LogP contribution in [0.5, 0.6) is 0 Å². The Morgan fingerprint density at radius 3 is 2.33 bits per heavy atom. The van der Waals surface area contributed by atoms with Crippen LogP contribution in [0.2, 0.25) is 0 Å². The summed E-state index contributed by atoms with van der Waals surface area (Å²) < 4.78 is 32.4. The number of hydrogen-bond acceptors (Lipinski definition) is 3. The average Bonchev–Trinajstić information content (AvgIpc) is 2.34. The average molecular weight is 257 g/mol. The van der Waals surface area contributed by atoms with Crippen molar-refractivity contribution in [2.75, 3.05) is 26.3 Å². The van der Waals surface area contributed by atoms with Gasteiger partial charge in [0.25, 0.3) is 0 Å². The normalized spacial score (nSPS) is 18.6. The van der Waals surface area contributed by atoms with E-state index in [1.807, 2.05) is 0 Å². The second-order valence-electron chi connectivity index (χ2n) is 4.02. The number of ether oxygens (including phenoxy) is 1. The third-order valence-electron chi connectivity index (χ3n) is 2.92. The molecule has 1 aromatic rings. The van der Waals surface area contributed by atoms with Crippen molar-refractivity contribution < 1.29 is 23.4 Å². The van der Waals surface area contributed by atoms with Gasteiger partial charge in [-0.05, 0) is 12.1 Å². The van der Waals surface area contributed by atoms with Crippen LogP contribution in [0, 0.1) is 11.6 Å². The Hall–Kier alpha value is -1.53. The van der Waals surface area contributed by atoms with Crippen LogP contribution < -0.4 is 0 Å². The summed E-state index contributed by atoms with van der Waals surface area (Å²) in [4.78, 5) is 12.8. The van der Waals surface area contributed by atoms with Crippen LogP contribution in [-0.2, 0) is 9.53 Å². The molecule has 18 heavy (non-hydrogen) atoms. The highest BCUT2D eigenvalue weighted by Gasteiger charge is 2.33. The summed E-state index contributed by atoms with van der Waals surface area (Å²) in [6.45, 7) is 1.40. The van der Waals surface area contributed by atoms with Gasteiger partial charge in [-0.2, -0.15) is 0 Å². The lowest BCUT2D eigenvalue weighted by Gasteiger charge is -2.32. The van der Waals surface area contributed by atoms with E-state index in [1.165, 1.54) is 11.0 Å². The van der Waals surface area contributed by atoms with Gasteiger partial charge in [-0.1, -0.05) is 6.07 Å². The fraction of sp³-hybridized carbons (Fsp3) is 0.417. The maximum atomic E-state index is 13.7. The highest BCUT2D eigenvalue weighted by Crippen LogP contribution is 2.27. The van der Waals surface area contributed by atoms with E-state index in [-0.39, 0.29) is 0 Å². The predicted octanol–water partition coefficient (Wildman–Crippen LogP) is 1.42. The van der Waals surface area contributed by atoms with E-state index >= 15 is 0 Å². The van der Waals surface area contributed by atoms with Gasteiger partial charge in [0.1, 0.15) is 17.7 Å². The zero-order chi connectivity index (χ0) is 13.1. The number of halogens is 2. The zero-order valence-corrected chi connectivity index (χ0v) is 9.60. The molecule has 0 aromatic heterocycles. The number of nitrogens with zero attached hydrogens (tertiary/aromatic N) is 1. The first-order valence-electron chi connectivity index (χ1n) is 5.60. The maximum absolute atomic E-state index is 13.7. The largest absolute Gasteiger partial charge is 0.480 e. The lowest BCUT2D eigenvalue weighted by atomic mass is 10.0. The van der Waals surface area contributed by atoms with Gasteiger partial charge in [-0.15, -0.1) is 0 Å². The maximum Gasteiger partial charge on any atom is 0.325 e. The molecular weight excluding hydrogens is 244 g/mol. The summed E-state index contributed by atoms with van der Waals surface area (Å²) in [7, 11) is 0. The molecule has 0 amide bonds. The predicted molar refractivity (Wildman–Crippen MR) is 59.1 cm³/mol. The summed E-state index contributed by atoms with van der Waals surface area (Å²) in [6.07, 6.45) is 0. The van der Waals surface area contributed by atoms with Gasteiger partial charge in [0.05, 0.1) is 18.8 Å². The van der Waals surface area contributed by atoms with Crippen molar-refractivity contribution in [1.82, 2.24) is 4.90 Å². The van der Waals surface area contributed by atoms with Crippen molar-refractivity contribution in [1.29, 1.82) is 0 Å². The van der Waals surface area contributed by atoms with E-state index in [1.54, 1.807) is 0 Å². The van der Waals surface area contributed by atoms with Crippen molar-refractivity contribution in [3.63, 3.8) is 0 Å². The Balaban J connectivity index is 2.37. The molecule has 1 aromatic carbocycles. The monoisotopic (exact) mass is 257 g/mol. The van der Waals surface area contributed by atoms with Crippen molar-refractivity contribution in [3.05, 3.63) is 35.4 Å². The quantitative estimate of drug-likeness (QED) is 0.889. The van der Waals surface area contributed by atoms with Crippen molar-refractivity contribution in [3.8, 4) is 0 Å². The van der Waals surface area contributed by atoms with Gasteiger partial charge in [0.15, 0.2) is 0 Å². The molecule has 0 radical (unpaired) electrons. The van der Waals surface area contributed by atoms with Crippen LogP contribution in [0.1, 0.15) is 11.6 Å². The Morgan fingerprint density at radius 2 is 1.83 bits per heavy atom. The van der Waals surface area contributed by atoms with Crippen LogP contribution in [0.15, 0.2) is 18.2 Å². The fourth-order valence-electron chi connectivity index (χ4n) is 2.07. The number of morpholine rings is 1. The third kappa shape index (κ3) is 2.49. The number of carboxylic acids is 1. The number of benzene rings is 1. The second kappa shape index (κ2) is 5.41. The van der Waals surface area contributed by atoms with Crippen LogP contribution in [0.4, 0.5) is 8.78 Å². The minimum atomic E-state index is -1.31. The second-order valence-corrected chi connectivity index (χ2v) is 4.02. The molecule has 6 heteroatoms. The van der Waals surface area contributed by atoms with Crippen LogP contribution >= 0.6 is 0 Å². The molecule has 0 saturated carbocycles. The number of rotatable bonds is 3. The van der Waals surface area contributed by atoms with E-state index in [4.69, 9.17) is 4.74 Å². The van der Waals surface area contributed by atoms with Crippen LogP contribution in [-0.4, -0.2) is 42.3 Å². The van der Waals surface area contributed by atoms with E-state index < -0.39 is 29.2 Å². The first-order valence-corrected chi connectivity index (χ1v) is 5.60. The van der Waals surface area contributed by atoms with E-state index in [0.29, 0.717) is 26.3 Å². The molecule has 1 aliphatic rings. The Kier molecular flexibility index (Phi) is 3.88. The number of hydrogen-bond donors (Lipinski definition) is 1. The molecular formula is C12H13F2NO3. The topological polar surface area (TPSA) is 49.8 Å². The third-order valence-corrected chi connectivity index (χ3v) is 2.92. The molecule has 1 heterocycles. The lowest BCUT2D eigenvalue weighted by Crippen LogP contribution is -2.42. The fourth-order valence-corrected chi connectivity index (χ4v) is 2.07. The molecule has 2 rings (SSSR count). The molecule has 1 fully saturated rings. The van der Waals surface area contributed by atoms with Gasteiger partial charge < -0.3 is 9.84 Å². The zero-order valence-electron chi connectivity index (χ0n) is 9.60. The van der Waals surface area contributed by atoms with Gasteiger partial charge in [0.2, 0.25) is 0 Å². The lowest BCUT2D eigenvalue weighted by molar-refractivity contribution is -0.145. The van der Waals surface area contributed by atoms with Gasteiger partial charge in [-0.25, -0.2) is 8.78 Å². The SMILES string of the molecule is O=C(O)[C@H](c1c(F)cccc1F)N1CCOCC1. The van der Waals surface area contributed by atoms with Gasteiger partial charge in [-0.3, -0.25) is 9.69 Å². The molecule has 98 valence electrons. The van der Waals surface area contributed by atoms with Crippen molar-refractivity contribution >= 4 is 5.97 Å². The van der Waals surface area contributed by atoms with Gasteiger partial charge >= 0.3 is 5.97 Å². The summed E-state index contributed by atoms with van der Waals surface area (Å²) in [5, 5.41) is 9.21. The van der Waals surface area contributed by atoms with Crippen LogP contribution in [0.3, 0.4) is 0 Å². The van der Waals surface area contributed by atoms with E-state index in [0.717, 1.165) is 12.1 Å². The highest BCUT2D eigenvalue weighted by molar-refractivity contribution is 5.75. The first-order chi connectivity index (χ1) is 8.61. The molecule has 0 spiro atoms. The Bertz CT molecular complexity index is 427. The van der Waals surface area contributed by atoms with E-state index in [2.05, 4.69) is 0 Å². The van der Waals surface area contributed by atoms with Crippen LogP contribution in [0.25, 0.3) is 0 Å². The smallest absolute Gasteiger partial charge is 0.325 e. The van der Waals surface area contributed by atoms with Gasteiger partial charge in [0, 0.05) is 13.1 Å². The minimum Gasteiger partial charge on any atom is -0.480 e. The molecule has 1 saturated heterocycles. The summed E-state index contributed by atoms with van der Waals surface area (Å²) >= 11 is 0. The molecule has 1 aliphatic heterocycles. The van der Waals surface area contributed by atoms with E-state index in [9.17, 15) is 18.7 Å². The molecule has 0 aliphatic carbocycles. The van der Waals surface area contributed by atoms with Crippen molar-refractivity contribution in [2.24, 2.45) is 0 Å². The Labute approximate surface area is 103 Å². The summed E-state index contributed by atoms with van der Waals surface area (Å²) in [5.74, 6) is -2.94. The molecule has 1 N–H and O–H groups in total. The molecule has 0 unspecified atom stereocenters. The first kappa shape index (κ1) is 12.9. The molecule has 1 atom stereocenters. The number of carboxylic acid groups (broad SMARTS) is 1. The molecule has 4 nitrogen and oxygen atoms in total. The summed E-state index contributed by atoms with van der Waals surface area (Å²) in [5.41, 5.74) is -0.410. The molecule has 0 bridgehead atoms. The Morgan fingerprint density at radius 1 is 1.28 bits per heavy atom. The number of carbonyl (C=O) groups is 1. The highest BCUT2D eigenvalue weighted by atomic mass is 19.1. The number of aliphatic carboxylic acids is 1. The van der Waals surface area contributed by atoms with Crippen molar-refractivity contribution in [2.45, 2.75) is 6.04 Å². The summed E-state index contributed by atoms with van der Waals surface area (Å²) in [6, 6.07) is 2.03. The minimum absolute atomic E-state index is 0.338.